The van der Waals surface area contributed by atoms with Gasteiger partial charge < -0.3 is 0 Å². The van der Waals surface area contributed by atoms with Crippen molar-refractivity contribution in [3.8, 4) is 0 Å². The van der Waals surface area contributed by atoms with E-state index in [1.807, 2.05) is 0 Å². The van der Waals surface area contributed by atoms with Crippen LogP contribution in [0.25, 0.3) is 0 Å². The van der Waals surface area contributed by atoms with Gasteiger partial charge in [-0.1, -0.05) is 64.7 Å². The van der Waals surface area contributed by atoms with Gasteiger partial charge in [0.2, 0.25) is 0 Å². The third-order valence-corrected chi connectivity index (χ3v) is 7.05. The van der Waals surface area contributed by atoms with Crippen LogP contribution in [0.2, 0.25) is 0 Å². The van der Waals surface area contributed by atoms with Crippen molar-refractivity contribution < 1.29 is 4.79 Å². The van der Waals surface area contributed by atoms with E-state index in [1.165, 1.54) is 89.9 Å². The SMILES string of the molecule is CC1CCC(C(=O)[C@@H]2CCCC[C@@H]2CC2CCCCC2)CC1. The molecule has 0 N–H and O–H groups in total. The molecule has 0 heterocycles. The Bertz CT molecular complexity index is 347. The summed E-state index contributed by atoms with van der Waals surface area (Å²) >= 11 is 0. The molecule has 2 atom stereocenters. The van der Waals surface area contributed by atoms with Gasteiger partial charge in [0.05, 0.1) is 0 Å². The molecule has 0 radical (unpaired) electrons. The Morgan fingerprint density at radius 3 is 2.14 bits per heavy atom. The van der Waals surface area contributed by atoms with Crippen molar-refractivity contribution in [1.82, 2.24) is 0 Å². The first-order valence-corrected chi connectivity index (χ1v) is 10.3. The lowest BCUT2D eigenvalue weighted by Crippen LogP contribution is -2.34. The van der Waals surface area contributed by atoms with Crippen molar-refractivity contribution >= 4 is 5.78 Å². The molecular formula is C21H36O. The van der Waals surface area contributed by atoms with Crippen LogP contribution < -0.4 is 0 Å². The van der Waals surface area contributed by atoms with Crippen LogP contribution in [-0.4, -0.2) is 5.78 Å². The second kappa shape index (κ2) is 7.97. The highest BCUT2D eigenvalue weighted by atomic mass is 16.1. The zero-order chi connectivity index (χ0) is 15.4. The summed E-state index contributed by atoms with van der Waals surface area (Å²) in [7, 11) is 0. The van der Waals surface area contributed by atoms with Crippen molar-refractivity contribution in [2.45, 2.75) is 96.8 Å². The van der Waals surface area contributed by atoms with Gasteiger partial charge in [0.25, 0.3) is 0 Å². The minimum Gasteiger partial charge on any atom is -0.299 e. The molecular weight excluding hydrogens is 268 g/mol. The largest absolute Gasteiger partial charge is 0.299 e. The predicted molar refractivity (Wildman–Crippen MR) is 92.8 cm³/mol. The van der Waals surface area contributed by atoms with Crippen molar-refractivity contribution in [3.05, 3.63) is 0 Å². The zero-order valence-electron chi connectivity index (χ0n) is 14.7. The van der Waals surface area contributed by atoms with Gasteiger partial charge in [-0.25, -0.2) is 0 Å². The highest BCUT2D eigenvalue weighted by molar-refractivity contribution is 5.83. The van der Waals surface area contributed by atoms with E-state index < -0.39 is 0 Å². The quantitative estimate of drug-likeness (QED) is 0.608. The molecule has 0 amide bonds. The third kappa shape index (κ3) is 4.15. The monoisotopic (exact) mass is 304 g/mol. The first kappa shape index (κ1) is 16.5. The van der Waals surface area contributed by atoms with Crippen molar-refractivity contribution in [2.75, 3.05) is 0 Å². The molecule has 0 spiro atoms. The molecule has 126 valence electrons. The second-order valence-corrected chi connectivity index (χ2v) is 8.75. The normalized spacial score (nSPS) is 37.9. The number of carbonyl (C=O) groups is 1. The molecule has 0 bridgehead atoms. The van der Waals surface area contributed by atoms with Crippen LogP contribution in [0.15, 0.2) is 0 Å². The first-order chi connectivity index (χ1) is 10.7. The summed E-state index contributed by atoms with van der Waals surface area (Å²) in [4.78, 5) is 13.1. The van der Waals surface area contributed by atoms with Crippen molar-refractivity contribution in [3.63, 3.8) is 0 Å². The van der Waals surface area contributed by atoms with E-state index >= 15 is 0 Å². The van der Waals surface area contributed by atoms with E-state index in [4.69, 9.17) is 0 Å². The molecule has 0 aromatic heterocycles. The molecule has 22 heavy (non-hydrogen) atoms. The van der Waals surface area contributed by atoms with Gasteiger partial charge in [0, 0.05) is 11.8 Å². The Morgan fingerprint density at radius 2 is 1.41 bits per heavy atom. The van der Waals surface area contributed by atoms with Gasteiger partial charge in [-0.05, 0) is 49.9 Å². The molecule has 0 aromatic carbocycles. The topological polar surface area (TPSA) is 17.1 Å². The standard InChI is InChI=1S/C21H36O/c1-16-11-13-18(14-12-16)21(22)20-10-6-5-9-19(20)15-17-7-3-2-4-8-17/h16-20H,2-15H2,1H3/t16?,18?,19-,20-/m1/s1. The number of Topliss-reactive ketones (excluding diaryl/α,β-unsaturated/α-hetero) is 1. The first-order valence-electron chi connectivity index (χ1n) is 10.3. The van der Waals surface area contributed by atoms with E-state index in [0.717, 1.165) is 17.8 Å². The Kier molecular flexibility index (Phi) is 5.99. The summed E-state index contributed by atoms with van der Waals surface area (Å²) in [6, 6.07) is 0. The van der Waals surface area contributed by atoms with Crippen LogP contribution in [0.3, 0.4) is 0 Å². The number of hydrogen-bond acceptors (Lipinski definition) is 1. The summed E-state index contributed by atoms with van der Waals surface area (Å²) in [5.41, 5.74) is 0. The maximum atomic E-state index is 13.1. The van der Waals surface area contributed by atoms with Crippen LogP contribution >= 0.6 is 0 Å². The van der Waals surface area contributed by atoms with E-state index in [2.05, 4.69) is 6.92 Å². The Morgan fingerprint density at radius 1 is 0.773 bits per heavy atom. The summed E-state index contributed by atoms with van der Waals surface area (Å²) in [6.07, 6.45) is 18.8. The average molecular weight is 305 g/mol. The fraction of sp³-hybridized carbons (Fsp3) is 0.952. The molecule has 3 fully saturated rings. The van der Waals surface area contributed by atoms with Crippen molar-refractivity contribution in [2.24, 2.45) is 29.6 Å². The second-order valence-electron chi connectivity index (χ2n) is 8.75. The maximum absolute atomic E-state index is 13.1. The molecule has 1 nitrogen and oxygen atoms in total. The lowest BCUT2D eigenvalue weighted by Gasteiger charge is -2.37. The van der Waals surface area contributed by atoms with Gasteiger partial charge in [0.1, 0.15) is 5.78 Å². The van der Waals surface area contributed by atoms with Crippen LogP contribution in [0.5, 0.6) is 0 Å². The van der Waals surface area contributed by atoms with E-state index in [1.54, 1.807) is 0 Å². The van der Waals surface area contributed by atoms with Gasteiger partial charge in [-0.2, -0.15) is 0 Å². The summed E-state index contributed by atoms with van der Waals surface area (Å²) in [5, 5.41) is 0. The highest BCUT2D eigenvalue weighted by Gasteiger charge is 2.36. The predicted octanol–water partition coefficient (Wildman–Crippen LogP) is 6.16. The van der Waals surface area contributed by atoms with Crippen LogP contribution in [0.4, 0.5) is 0 Å². The van der Waals surface area contributed by atoms with Crippen molar-refractivity contribution in [1.29, 1.82) is 0 Å². The number of carbonyl (C=O) groups excluding carboxylic acids is 1. The van der Waals surface area contributed by atoms with E-state index in [9.17, 15) is 4.79 Å². The molecule has 1 heteroatoms. The lowest BCUT2D eigenvalue weighted by molar-refractivity contribution is -0.131. The molecule has 0 aliphatic heterocycles. The van der Waals surface area contributed by atoms with Crippen LogP contribution in [0, 0.1) is 29.6 Å². The highest BCUT2D eigenvalue weighted by Crippen LogP contribution is 2.41. The molecule has 3 aliphatic carbocycles. The summed E-state index contributed by atoms with van der Waals surface area (Å²) in [6.45, 7) is 2.35. The average Bonchev–Trinajstić information content (AvgIpc) is 2.56. The Balaban J connectivity index is 1.57. The smallest absolute Gasteiger partial charge is 0.139 e. The Labute approximate surface area is 137 Å². The van der Waals surface area contributed by atoms with Gasteiger partial charge in [0.15, 0.2) is 0 Å². The third-order valence-electron chi connectivity index (χ3n) is 7.05. The van der Waals surface area contributed by atoms with E-state index in [0.29, 0.717) is 17.6 Å². The fourth-order valence-electron chi connectivity index (χ4n) is 5.56. The molecule has 0 aromatic rings. The van der Waals surface area contributed by atoms with E-state index in [-0.39, 0.29) is 0 Å². The van der Waals surface area contributed by atoms with Crippen LogP contribution in [-0.2, 0) is 4.79 Å². The minimum absolute atomic E-state index is 0.424. The number of hydrogen-bond donors (Lipinski definition) is 0. The van der Waals surface area contributed by atoms with Crippen LogP contribution in [0.1, 0.15) is 96.8 Å². The molecule has 3 aliphatic rings. The molecule has 0 saturated heterocycles. The number of ketones is 1. The minimum atomic E-state index is 0.424. The summed E-state index contributed by atoms with van der Waals surface area (Å²) < 4.78 is 0. The fourth-order valence-corrected chi connectivity index (χ4v) is 5.56. The molecule has 3 saturated carbocycles. The lowest BCUT2D eigenvalue weighted by atomic mass is 9.67. The summed E-state index contributed by atoms with van der Waals surface area (Å²) in [5.74, 6) is 4.09. The van der Waals surface area contributed by atoms with Gasteiger partial charge >= 0.3 is 0 Å². The number of rotatable bonds is 4. The van der Waals surface area contributed by atoms with Gasteiger partial charge in [-0.15, -0.1) is 0 Å². The Hall–Kier alpha value is -0.330. The molecule has 3 rings (SSSR count). The molecule has 0 unspecified atom stereocenters. The maximum Gasteiger partial charge on any atom is 0.139 e. The van der Waals surface area contributed by atoms with Gasteiger partial charge in [-0.3, -0.25) is 4.79 Å². The zero-order valence-corrected chi connectivity index (χ0v) is 14.7.